The second-order valence-corrected chi connectivity index (χ2v) is 4.22. The van der Waals surface area contributed by atoms with Gasteiger partial charge in [-0.25, -0.2) is 0 Å². The molecule has 0 aliphatic heterocycles. The minimum atomic E-state index is -0.761. The largest absolute Gasteiger partial charge is 0.390 e. The van der Waals surface area contributed by atoms with E-state index in [-0.39, 0.29) is 0 Å². The predicted octanol–water partition coefficient (Wildman–Crippen LogP) is 2.50. The first kappa shape index (κ1) is 12.2. The van der Waals surface area contributed by atoms with E-state index in [0.717, 1.165) is 23.1 Å². The Morgan fingerprint density at radius 3 is 2.07 bits per heavy atom. The average Bonchev–Trinajstić information content (AvgIpc) is 2.15. The number of aliphatic hydroxyl groups is 2. The molecule has 0 aromatic heterocycles. The number of rotatable bonds is 4. The molecule has 1 aromatic carbocycles. The van der Waals surface area contributed by atoms with Crippen molar-refractivity contribution in [2.24, 2.45) is 0 Å². The van der Waals surface area contributed by atoms with Crippen LogP contribution in [0.4, 0.5) is 0 Å². The Labute approximate surface area is 91.6 Å². The Balaban J connectivity index is 2.85. The van der Waals surface area contributed by atoms with Gasteiger partial charge in [-0.1, -0.05) is 42.7 Å². The van der Waals surface area contributed by atoms with Gasteiger partial charge >= 0.3 is 0 Å². The van der Waals surface area contributed by atoms with E-state index in [1.165, 1.54) is 0 Å². The molecule has 1 aromatic rings. The maximum absolute atomic E-state index is 9.92. The topological polar surface area (TPSA) is 40.5 Å². The molecule has 0 spiro atoms. The molecule has 0 aliphatic carbocycles. The lowest BCUT2D eigenvalue weighted by molar-refractivity contribution is 0.0130. The van der Waals surface area contributed by atoms with Gasteiger partial charge in [-0.05, 0) is 25.8 Å². The standard InChI is InChI=1S/C13H20O2/c1-4-5-12(14)13(15)11-7-9(2)6-10(3)8-11/h6-8,12-15H,4-5H2,1-3H3. The van der Waals surface area contributed by atoms with Crippen molar-refractivity contribution in [1.82, 2.24) is 0 Å². The lowest BCUT2D eigenvalue weighted by atomic mass is 9.98. The summed E-state index contributed by atoms with van der Waals surface area (Å²) in [6, 6.07) is 5.91. The molecule has 2 N–H and O–H groups in total. The van der Waals surface area contributed by atoms with E-state index in [1.807, 2.05) is 32.9 Å². The van der Waals surface area contributed by atoms with Gasteiger partial charge in [0.15, 0.2) is 0 Å². The molecule has 1 rings (SSSR count). The van der Waals surface area contributed by atoms with Crippen LogP contribution in [0.5, 0.6) is 0 Å². The molecule has 2 unspecified atom stereocenters. The monoisotopic (exact) mass is 208 g/mol. The van der Waals surface area contributed by atoms with Crippen LogP contribution in [0.15, 0.2) is 18.2 Å². The smallest absolute Gasteiger partial charge is 0.105 e. The van der Waals surface area contributed by atoms with E-state index in [2.05, 4.69) is 6.07 Å². The summed E-state index contributed by atoms with van der Waals surface area (Å²) < 4.78 is 0. The zero-order chi connectivity index (χ0) is 11.4. The lowest BCUT2D eigenvalue weighted by Gasteiger charge is -2.18. The molecular weight excluding hydrogens is 188 g/mol. The van der Waals surface area contributed by atoms with Gasteiger partial charge in [0, 0.05) is 0 Å². The second-order valence-electron chi connectivity index (χ2n) is 4.22. The van der Waals surface area contributed by atoms with Gasteiger partial charge in [-0.3, -0.25) is 0 Å². The predicted molar refractivity (Wildman–Crippen MR) is 61.8 cm³/mol. The number of hydrogen-bond acceptors (Lipinski definition) is 2. The molecule has 2 atom stereocenters. The normalized spacial score (nSPS) is 15.0. The maximum atomic E-state index is 9.92. The molecule has 0 saturated heterocycles. The third kappa shape index (κ3) is 3.33. The fourth-order valence-corrected chi connectivity index (χ4v) is 1.86. The number of hydrogen-bond donors (Lipinski definition) is 2. The second kappa shape index (κ2) is 5.29. The molecule has 84 valence electrons. The van der Waals surface area contributed by atoms with Crippen LogP contribution in [0.3, 0.4) is 0 Å². The minimum Gasteiger partial charge on any atom is -0.390 e. The summed E-state index contributed by atoms with van der Waals surface area (Å²) >= 11 is 0. The Morgan fingerprint density at radius 2 is 1.60 bits per heavy atom. The van der Waals surface area contributed by atoms with E-state index in [9.17, 15) is 10.2 Å². The molecular formula is C13H20O2. The highest BCUT2D eigenvalue weighted by atomic mass is 16.3. The number of aliphatic hydroxyl groups excluding tert-OH is 2. The van der Waals surface area contributed by atoms with Crippen LogP contribution in [-0.2, 0) is 0 Å². The van der Waals surface area contributed by atoms with E-state index >= 15 is 0 Å². The fourth-order valence-electron chi connectivity index (χ4n) is 1.86. The SMILES string of the molecule is CCCC(O)C(O)c1cc(C)cc(C)c1. The first-order valence-electron chi connectivity index (χ1n) is 5.49. The van der Waals surface area contributed by atoms with Crippen molar-refractivity contribution >= 4 is 0 Å². The summed E-state index contributed by atoms with van der Waals surface area (Å²) in [4.78, 5) is 0. The summed E-state index contributed by atoms with van der Waals surface area (Å²) in [6.45, 7) is 5.99. The summed E-state index contributed by atoms with van der Waals surface area (Å²) in [5.41, 5.74) is 3.05. The minimum absolute atomic E-state index is 0.633. The molecule has 0 fully saturated rings. The van der Waals surface area contributed by atoms with Crippen molar-refractivity contribution in [3.63, 3.8) is 0 Å². The van der Waals surface area contributed by atoms with Crippen molar-refractivity contribution in [2.45, 2.75) is 45.8 Å². The summed E-state index contributed by atoms with van der Waals surface area (Å²) in [7, 11) is 0. The van der Waals surface area contributed by atoms with E-state index in [1.54, 1.807) is 0 Å². The maximum Gasteiger partial charge on any atom is 0.105 e. The Morgan fingerprint density at radius 1 is 1.07 bits per heavy atom. The summed E-state index contributed by atoms with van der Waals surface area (Å²) in [6.07, 6.45) is 0.0942. The number of benzene rings is 1. The van der Waals surface area contributed by atoms with Crippen LogP contribution in [0.25, 0.3) is 0 Å². The van der Waals surface area contributed by atoms with Crippen LogP contribution in [0, 0.1) is 13.8 Å². The van der Waals surface area contributed by atoms with E-state index in [0.29, 0.717) is 6.42 Å². The average molecular weight is 208 g/mol. The van der Waals surface area contributed by atoms with Crippen LogP contribution in [0.2, 0.25) is 0 Å². The van der Waals surface area contributed by atoms with Crippen molar-refractivity contribution in [1.29, 1.82) is 0 Å². The molecule has 15 heavy (non-hydrogen) atoms. The Bertz CT molecular complexity index is 300. The highest BCUT2D eigenvalue weighted by molar-refractivity contribution is 5.30. The molecule has 2 heteroatoms. The van der Waals surface area contributed by atoms with Gasteiger partial charge in [0.25, 0.3) is 0 Å². The quantitative estimate of drug-likeness (QED) is 0.798. The number of aryl methyl sites for hydroxylation is 2. The van der Waals surface area contributed by atoms with Gasteiger partial charge in [-0.15, -0.1) is 0 Å². The van der Waals surface area contributed by atoms with Gasteiger partial charge in [-0.2, -0.15) is 0 Å². The lowest BCUT2D eigenvalue weighted by Crippen LogP contribution is -2.18. The first-order chi connectivity index (χ1) is 7.04. The van der Waals surface area contributed by atoms with Crippen LogP contribution in [-0.4, -0.2) is 16.3 Å². The molecule has 0 bridgehead atoms. The molecule has 0 saturated carbocycles. The molecule has 2 nitrogen and oxygen atoms in total. The first-order valence-corrected chi connectivity index (χ1v) is 5.49. The third-order valence-corrected chi connectivity index (χ3v) is 2.53. The van der Waals surface area contributed by atoms with Crippen LogP contribution >= 0.6 is 0 Å². The van der Waals surface area contributed by atoms with Crippen LogP contribution < -0.4 is 0 Å². The van der Waals surface area contributed by atoms with Gasteiger partial charge in [0.1, 0.15) is 6.10 Å². The highest BCUT2D eigenvalue weighted by Crippen LogP contribution is 2.22. The molecule has 0 amide bonds. The fraction of sp³-hybridized carbons (Fsp3) is 0.538. The summed E-state index contributed by atoms with van der Waals surface area (Å²) in [5, 5.41) is 19.6. The third-order valence-electron chi connectivity index (χ3n) is 2.53. The summed E-state index contributed by atoms with van der Waals surface area (Å²) in [5.74, 6) is 0. The van der Waals surface area contributed by atoms with Gasteiger partial charge in [0.05, 0.1) is 6.10 Å². The van der Waals surface area contributed by atoms with Crippen molar-refractivity contribution < 1.29 is 10.2 Å². The van der Waals surface area contributed by atoms with E-state index in [4.69, 9.17) is 0 Å². The van der Waals surface area contributed by atoms with Gasteiger partial charge in [0.2, 0.25) is 0 Å². The highest BCUT2D eigenvalue weighted by Gasteiger charge is 2.17. The zero-order valence-electron chi connectivity index (χ0n) is 9.70. The molecule has 0 heterocycles. The molecule has 0 aliphatic rings. The van der Waals surface area contributed by atoms with Crippen molar-refractivity contribution in [2.75, 3.05) is 0 Å². The van der Waals surface area contributed by atoms with E-state index < -0.39 is 12.2 Å². The Kier molecular flexibility index (Phi) is 4.30. The van der Waals surface area contributed by atoms with Gasteiger partial charge < -0.3 is 10.2 Å². The molecule has 0 radical (unpaired) electrons. The van der Waals surface area contributed by atoms with Crippen LogP contribution in [0.1, 0.15) is 42.6 Å². The van der Waals surface area contributed by atoms with Crippen molar-refractivity contribution in [3.05, 3.63) is 34.9 Å². The van der Waals surface area contributed by atoms with Crippen molar-refractivity contribution in [3.8, 4) is 0 Å². The Hall–Kier alpha value is -0.860. The zero-order valence-corrected chi connectivity index (χ0v) is 9.70.